The monoisotopic (exact) mass is 279 g/mol. The molecule has 0 N–H and O–H groups in total. The first-order chi connectivity index (χ1) is 8.76. The second-order valence-corrected chi connectivity index (χ2v) is 3.79. The van der Waals surface area contributed by atoms with Crippen LogP contribution in [-0.4, -0.2) is 18.7 Å². The SMILES string of the molecule is N#Cc1ccc(OCCCC(F)(F)C(F)(F)F)cc1. The second-order valence-electron chi connectivity index (χ2n) is 3.79. The van der Waals surface area contributed by atoms with Crippen LogP contribution in [0, 0.1) is 11.3 Å². The van der Waals surface area contributed by atoms with E-state index in [2.05, 4.69) is 0 Å². The molecule has 1 aromatic carbocycles. The lowest BCUT2D eigenvalue weighted by Gasteiger charge is -2.19. The lowest BCUT2D eigenvalue weighted by atomic mass is 10.2. The van der Waals surface area contributed by atoms with Gasteiger partial charge in [-0.25, -0.2) is 0 Å². The molecule has 0 aliphatic carbocycles. The van der Waals surface area contributed by atoms with Crippen molar-refractivity contribution in [2.45, 2.75) is 24.9 Å². The van der Waals surface area contributed by atoms with E-state index < -0.39 is 24.9 Å². The molecular weight excluding hydrogens is 269 g/mol. The number of nitrogens with zero attached hydrogens (tertiary/aromatic N) is 1. The van der Waals surface area contributed by atoms with Gasteiger partial charge in [-0.05, 0) is 30.7 Å². The fourth-order valence-electron chi connectivity index (χ4n) is 1.25. The molecule has 1 rings (SSSR count). The smallest absolute Gasteiger partial charge is 0.453 e. The Morgan fingerprint density at radius 3 is 2.11 bits per heavy atom. The lowest BCUT2D eigenvalue weighted by Crippen LogP contribution is -2.36. The highest BCUT2D eigenvalue weighted by atomic mass is 19.4. The fourth-order valence-corrected chi connectivity index (χ4v) is 1.25. The number of hydrogen-bond donors (Lipinski definition) is 0. The minimum atomic E-state index is -5.53. The predicted octanol–water partition coefficient (Wildman–Crippen LogP) is 3.91. The third-order valence-electron chi connectivity index (χ3n) is 2.30. The lowest BCUT2D eigenvalue weighted by molar-refractivity contribution is -0.284. The summed E-state index contributed by atoms with van der Waals surface area (Å²) in [6, 6.07) is 7.68. The summed E-state index contributed by atoms with van der Waals surface area (Å²) in [5.41, 5.74) is 0.399. The molecule has 0 spiro atoms. The summed E-state index contributed by atoms with van der Waals surface area (Å²) in [6.45, 7) is -0.252. The number of nitriles is 1. The third kappa shape index (κ3) is 4.39. The van der Waals surface area contributed by atoms with Crippen LogP contribution in [-0.2, 0) is 0 Å². The van der Waals surface area contributed by atoms with Crippen molar-refractivity contribution >= 4 is 0 Å². The minimum Gasteiger partial charge on any atom is -0.494 e. The van der Waals surface area contributed by atoms with Crippen LogP contribution in [0.4, 0.5) is 22.0 Å². The van der Waals surface area contributed by atoms with E-state index in [0.717, 1.165) is 0 Å². The molecule has 0 saturated carbocycles. The summed E-state index contributed by atoms with van der Waals surface area (Å²) in [4.78, 5) is 0. The zero-order chi connectivity index (χ0) is 14.5. The van der Waals surface area contributed by atoms with Crippen LogP contribution in [0.5, 0.6) is 5.75 Å². The molecule has 7 heteroatoms. The third-order valence-corrected chi connectivity index (χ3v) is 2.30. The van der Waals surface area contributed by atoms with E-state index >= 15 is 0 Å². The molecule has 0 saturated heterocycles. The van der Waals surface area contributed by atoms with Crippen molar-refractivity contribution in [2.75, 3.05) is 6.61 Å². The average Bonchev–Trinajstić information content (AvgIpc) is 2.34. The predicted molar refractivity (Wildman–Crippen MR) is 56.9 cm³/mol. The molecule has 19 heavy (non-hydrogen) atoms. The Morgan fingerprint density at radius 2 is 1.63 bits per heavy atom. The zero-order valence-electron chi connectivity index (χ0n) is 9.68. The van der Waals surface area contributed by atoms with Gasteiger partial charge in [0, 0.05) is 6.42 Å². The highest BCUT2D eigenvalue weighted by Gasteiger charge is 2.56. The van der Waals surface area contributed by atoms with Crippen molar-refractivity contribution in [2.24, 2.45) is 0 Å². The number of ether oxygens (including phenoxy) is 1. The van der Waals surface area contributed by atoms with Gasteiger partial charge in [-0.3, -0.25) is 0 Å². The van der Waals surface area contributed by atoms with Crippen LogP contribution in [0.25, 0.3) is 0 Å². The fraction of sp³-hybridized carbons (Fsp3) is 0.417. The van der Waals surface area contributed by atoms with Crippen LogP contribution in [0.3, 0.4) is 0 Å². The van der Waals surface area contributed by atoms with E-state index in [1.165, 1.54) is 24.3 Å². The maximum atomic E-state index is 12.5. The standard InChI is InChI=1S/C12H10F5NO/c13-11(14,12(15,16)17)6-1-7-19-10-4-2-9(8-18)3-5-10/h2-5H,1,6-7H2. The molecule has 0 radical (unpaired) electrons. The minimum absolute atomic E-state index is 0.252. The highest BCUT2D eigenvalue weighted by molar-refractivity contribution is 5.34. The van der Waals surface area contributed by atoms with Crippen molar-refractivity contribution in [3.8, 4) is 11.8 Å². The summed E-state index contributed by atoms with van der Waals surface area (Å²) < 4.78 is 65.6. The van der Waals surface area contributed by atoms with Gasteiger partial charge in [0.2, 0.25) is 0 Å². The molecule has 104 valence electrons. The van der Waals surface area contributed by atoms with Crippen LogP contribution in [0.1, 0.15) is 18.4 Å². The molecule has 0 aliphatic rings. The first kappa shape index (κ1) is 15.2. The van der Waals surface area contributed by atoms with Gasteiger partial charge in [0.05, 0.1) is 18.2 Å². The summed E-state index contributed by atoms with van der Waals surface area (Å²) in [5, 5.41) is 8.53. The molecule has 2 nitrogen and oxygen atoms in total. The van der Waals surface area contributed by atoms with E-state index in [9.17, 15) is 22.0 Å². The van der Waals surface area contributed by atoms with Gasteiger partial charge in [-0.1, -0.05) is 0 Å². The number of halogens is 5. The normalized spacial score (nSPS) is 12.0. The van der Waals surface area contributed by atoms with Crippen LogP contribution in [0.2, 0.25) is 0 Å². The molecule has 0 aromatic heterocycles. The summed E-state index contributed by atoms with van der Waals surface area (Å²) in [6.07, 6.45) is -7.26. The Kier molecular flexibility index (Phi) is 4.70. The van der Waals surface area contributed by atoms with Gasteiger partial charge in [-0.15, -0.1) is 0 Å². The van der Waals surface area contributed by atoms with Gasteiger partial charge in [0.25, 0.3) is 0 Å². The summed E-state index contributed by atoms with van der Waals surface area (Å²) >= 11 is 0. The second kappa shape index (κ2) is 5.87. The van der Waals surface area contributed by atoms with Crippen LogP contribution in [0.15, 0.2) is 24.3 Å². The molecule has 0 bridgehead atoms. The van der Waals surface area contributed by atoms with E-state index in [4.69, 9.17) is 10.00 Å². The molecule has 0 unspecified atom stereocenters. The van der Waals surface area contributed by atoms with E-state index in [1.807, 2.05) is 6.07 Å². The number of alkyl halides is 5. The van der Waals surface area contributed by atoms with Crippen LogP contribution < -0.4 is 4.74 Å². The maximum absolute atomic E-state index is 12.5. The van der Waals surface area contributed by atoms with Crippen molar-refractivity contribution < 1.29 is 26.7 Å². The maximum Gasteiger partial charge on any atom is 0.453 e. The highest BCUT2D eigenvalue weighted by Crippen LogP contribution is 2.38. The van der Waals surface area contributed by atoms with Crippen molar-refractivity contribution in [3.63, 3.8) is 0 Å². The summed E-state index contributed by atoms with van der Waals surface area (Å²) in [7, 11) is 0. The molecule has 0 atom stereocenters. The van der Waals surface area contributed by atoms with Crippen molar-refractivity contribution in [1.82, 2.24) is 0 Å². The Morgan fingerprint density at radius 1 is 1.05 bits per heavy atom. The van der Waals surface area contributed by atoms with E-state index in [1.54, 1.807) is 0 Å². The molecule has 0 amide bonds. The molecule has 0 fully saturated rings. The molecule has 0 aliphatic heterocycles. The molecule has 0 heterocycles. The number of rotatable bonds is 5. The van der Waals surface area contributed by atoms with Gasteiger partial charge in [0.1, 0.15) is 5.75 Å². The first-order valence-electron chi connectivity index (χ1n) is 5.34. The van der Waals surface area contributed by atoms with Gasteiger partial charge in [-0.2, -0.15) is 27.2 Å². The number of hydrogen-bond acceptors (Lipinski definition) is 2. The average molecular weight is 279 g/mol. The molecule has 1 aromatic rings. The Bertz CT molecular complexity index is 447. The largest absolute Gasteiger partial charge is 0.494 e. The first-order valence-corrected chi connectivity index (χ1v) is 5.34. The van der Waals surface area contributed by atoms with Crippen molar-refractivity contribution in [1.29, 1.82) is 5.26 Å². The zero-order valence-corrected chi connectivity index (χ0v) is 9.68. The van der Waals surface area contributed by atoms with Crippen molar-refractivity contribution in [3.05, 3.63) is 29.8 Å². The van der Waals surface area contributed by atoms with Gasteiger partial charge in [0.15, 0.2) is 0 Å². The Labute approximate surface area is 106 Å². The van der Waals surface area contributed by atoms with Crippen LogP contribution >= 0.6 is 0 Å². The Hall–Kier alpha value is -1.84. The van der Waals surface area contributed by atoms with E-state index in [0.29, 0.717) is 11.3 Å². The molecular formula is C12H10F5NO. The number of benzene rings is 1. The van der Waals surface area contributed by atoms with E-state index in [-0.39, 0.29) is 6.61 Å². The van der Waals surface area contributed by atoms with Gasteiger partial charge >= 0.3 is 12.1 Å². The quantitative estimate of drug-likeness (QED) is 0.604. The topological polar surface area (TPSA) is 33.0 Å². The van der Waals surface area contributed by atoms with Gasteiger partial charge < -0.3 is 4.74 Å². The Balaban J connectivity index is 2.37. The summed E-state index contributed by atoms with van der Waals surface area (Å²) in [5.74, 6) is -4.38.